The molecule has 0 amide bonds. The number of carbonyl (C=O) groups is 1. The topological polar surface area (TPSA) is 91.0 Å². The molecule has 10 nitrogen and oxygen atoms in total. The Kier molecular flexibility index (Phi) is 6.61. The summed E-state index contributed by atoms with van der Waals surface area (Å²) >= 11 is 0. The highest BCUT2D eigenvalue weighted by molar-refractivity contribution is 5.98. The van der Waals surface area contributed by atoms with Crippen molar-refractivity contribution in [1.82, 2.24) is 9.80 Å². The number of rotatable bonds is 6. The lowest BCUT2D eigenvalue weighted by atomic mass is 9.97. The van der Waals surface area contributed by atoms with E-state index >= 15 is 0 Å². The molecular formula is C28H35N3O7. The SMILES string of the molecule is COc1ccc2c(c1OC)C(=O)OC2C1Nc2c(c(CN3CCCCC3)c3c(c2OC)OCO3)CCN1C. The summed E-state index contributed by atoms with van der Waals surface area (Å²) in [6.07, 6.45) is 3.57. The Morgan fingerprint density at radius 3 is 2.47 bits per heavy atom. The third-order valence-electron chi connectivity index (χ3n) is 8.11. The lowest BCUT2D eigenvalue weighted by Gasteiger charge is -2.32. The van der Waals surface area contributed by atoms with E-state index in [-0.39, 0.29) is 13.0 Å². The molecule has 1 fully saturated rings. The fraction of sp³-hybridized carbons (Fsp3) is 0.536. The van der Waals surface area contributed by atoms with Gasteiger partial charge in [-0.25, -0.2) is 4.79 Å². The molecule has 6 rings (SSSR count). The molecule has 2 aromatic carbocycles. The molecule has 10 heteroatoms. The van der Waals surface area contributed by atoms with Crippen molar-refractivity contribution in [3.8, 4) is 28.7 Å². The van der Waals surface area contributed by atoms with E-state index in [1.54, 1.807) is 14.2 Å². The Morgan fingerprint density at radius 2 is 1.74 bits per heavy atom. The van der Waals surface area contributed by atoms with Gasteiger partial charge in [0.25, 0.3) is 0 Å². The molecule has 0 spiro atoms. The molecule has 0 saturated carbocycles. The van der Waals surface area contributed by atoms with Crippen LogP contribution in [0.4, 0.5) is 5.69 Å². The maximum absolute atomic E-state index is 13.1. The van der Waals surface area contributed by atoms with E-state index in [1.165, 1.54) is 26.4 Å². The van der Waals surface area contributed by atoms with Gasteiger partial charge in [0.15, 0.2) is 29.1 Å². The van der Waals surface area contributed by atoms with Gasteiger partial charge in [-0.2, -0.15) is 0 Å². The summed E-state index contributed by atoms with van der Waals surface area (Å²) in [6.45, 7) is 3.86. The highest BCUT2D eigenvalue weighted by atomic mass is 16.7. The first-order valence-electron chi connectivity index (χ1n) is 13.2. The number of cyclic esters (lactones) is 1. The summed E-state index contributed by atoms with van der Waals surface area (Å²) in [6, 6.07) is 3.69. The van der Waals surface area contributed by atoms with Crippen LogP contribution in [0.15, 0.2) is 12.1 Å². The van der Waals surface area contributed by atoms with Crippen LogP contribution in [0.1, 0.15) is 52.4 Å². The van der Waals surface area contributed by atoms with Gasteiger partial charge in [0.1, 0.15) is 11.7 Å². The Morgan fingerprint density at radius 1 is 0.974 bits per heavy atom. The maximum Gasteiger partial charge on any atom is 0.343 e. The lowest BCUT2D eigenvalue weighted by Crippen LogP contribution is -2.42. The fourth-order valence-corrected chi connectivity index (χ4v) is 6.20. The number of likely N-dealkylation sites (N-methyl/N-ethyl adjacent to an activating group) is 1. The van der Waals surface area contributed by atoms with Crippen molar-refractivity contribution in [2.24, 2.45) is 0 Å². The molecule has 0 radical (unpaired) electrons. The second-order valence-electron chi connectivity index (χ2n) is 10.2. The van der Waals surface area contributed by atoms with E-state index in [2.05, 4.69) is 15.1 Å². The van der Waals surface area contributed by atoms with Gasteiger partial charge in [-0.3, -0.25) is 9.80 Å². The van der Waals surface area contributed by atoms with Crippen LogP contribution in [0.2, 0.25) is 0 Å². The number of hydrogen-bond acceptors (Lipinski definition) is 10. The predicted molar refractivity (Wildman–Crippen MR) is 140 cm³/mol. The van der Waals surface area contributed by atoms with Crippen LogP contribution in [0.25, 0.3) is 0 Å². The summed E-state index contributed by atoms with van der Waals surface area (Å²) in [5.74, 6) is 2.48. The van der Waals surface area contributed by atoms with Crippen molar-refractivity contribution in [2.75, 3.05) is 60.1 Å². The average Bonchev–Trinajstić information content (AvgIpc) is 3.51. The van der Waals surface area contributed by atoms with E-state index in [1.807, 2.05) is 19.2 Å². The second-order valence-corrected chi connectivity index (χ2v) is 10.2. The van der Waals surface area contributed by atoms with Crippen LogP contribution in [-0.4, -0.2) is 76.7 Å². The summed E-state index contributed by atoms with van der Waals surface area (Å²) in [5, 5.41) is 3.70. The van der Waals surface area contributed by atoms with E-state index in [0.29, 0.717) is 28.6 Å². The third kappa shape index (κ3) is 3.97. The second kappa shape index (κ2) is 10.1. The molecule has 1 saturated heterocycles. The Hall–Kier alpha value is -3.37. The van der Waals surface area contributed by atoms with E-state index in [0.717, 1.165) is 60.7 Å². The van der Waals surface area contributed by atoms with E-state index in [4.69, 9.17) is 28.4 Å². The van der Waals surface area contributed by atoms with Crippen molar-refractivity contribution in [3.05, 3.63) is 34.4 Å². The number of esters is 1. The standard InChI is InChI=1S/C28H35N3O7/c1-30-13-10-16-18(14-31-11-6-5-7-12-31)22-26(37-15-36-22)25(35-4)21(16)29-27(30)23-17-8-9-19(33-2)24(34-3)20(17)28(32)38-23/h8-9,23,27,29H,5-7,10-15H2,1-4H3. The zero-order valence-corrected chi connectivity index (χ0v) is 22.4. The monoisotopic (exact) mass is 525 g/mol. The van der Waals surface area contributed by atoms with Gasteiger partial charge in [0.05, 0.1) is 27.0 Å². The molecule has 4 heterocycles. The highest BCUT2D eigenvalue weighted by Crippen LogP contribution is 2.53. The molecule has 0 aliphatic carbocycles. The molecular weight excluding hydrogens is 490 g/mol. The Bertz CT molecular complexity index is 1240. The summed E-state index contributed by atoms with van der Waals surface area (Å²) in [5.41, 5.74) is 4.33. The van der Waals surface area contributed by atoms with Crippen molar-refractivity contribution in [1.29, 1.82) is 0 Å². The number of nitrogens with zero attached hydrogens (tertiary/aromatic N) is 2. The minimum atomic E-state index is -0.561. The van der Waals surface area contributed by atoms with E-state index in [9.17, 15) is 4.79 Å². The molecule has 0 aromatic heterocycles. The number of anilines is 1. The number of methoxy groups -OCH3 is 3. The average molecular weight is 526 g/mol. The largest absolute Gasteiger partial charge is 0.493 e. The number of ether oxygens (including phenoxy) is 6. The normalized spacial score (nSPS) is 22.7. The zero-order chi connectivity index (χ0) is 26.4. The van der Waals surface area contributed by atoms with Gasteiger partial charge < -0.3 is 33.7 Å². The molecule has 1 N–H and O–H groups in total. The van der Waals surface area contributed by atoms with Crippen LogP contribution >= 0.6 is 0 Å². The van der Waals surface area contributed by atoms with Crippen LogP contribution in [-0.2, 0) is 17.7 Å². The van der Waals surface area contributed by atoms with Crippen molar-refractivity contribution >= 4 is 11.7 Å². The van der Waals surface area contributed by atoms with Gasteiger partial charge >= 0.3 is 5.97 Å². The number of nitrogens with one attached hydrogen (secondary N) is 1. The van der Waals surface area contributed by atoms with Crippen molar-refractivity contribution in [2.45, 2.75) is 44.5 Å². The molecule has 204 valence electrons. The first-order chi connectivity index (χ1) is 18.5. The van der Waals surface area contributed by atoms with Gasteiger partial charge in [-0.15, -0.1) is 0 Å². The van der Waals surface area contributed by atoms with Crippen molar-refractivity contribution in [3.63, 3.8) is 0 Å². The molecule has 0 bridgehead atoms. The molecule has 4 aliphatic rings. The molecule has 4 aliphatic heterocycles. The lowest BCUT2D eigenvalue weighted by molar-refractivity contribution is 0.0182. The minimum Gasteiger partial charge on any atom is -0.493 e. The number of carbonyl (C=O) groups excluding carboxylic acids is 1. The van der Waals surface area contributed by atoms with Crippen LogP contribution in [0.5, 0.6) is 28.7 Å². The van der Waals surface area contributed by atoms with Crippen LogP contribution in [0, 0.1) is 0 Å². The molecule has 38 heavy (non-hydrogen) atoms. The fourth-order valence-electron chi connectivity index (χ4n) is 6.20. The minimum absolute atomic E-state index is 0.167. The Balaban J connectivity index is 1.43. The molecule has 2 aromatic rings. The van der Waals surface area contributed by atoms with Gasteiger partial charge in [-0.1, -0.05) is 12.5 Å². The summed E-state index contributed by atoms with van der Waals surface area (Å²) < 4.78 is 34.8. The molecule has 2 unspecified atom stereocenters. The quantitative estimate of drug-likeness (QED) is 0.565. The van der Waals surface area contributed by atoms with E-state index < -0.39 is 12.1 Å². The number of piperidine rings is 1. The molecule has 2 atom stereocenters. The summed E-state index contributed by atoms with van der Waals surface area (Å²) in [4.78, 5) is 17.8. The smallest absolute Gasteiger partial charge is 0.343 e. The number of likely N-dealkylation sites (tertiary alicyclic amines) is 1. The Labute approximate surface area is 222 Å². The third-order valence-corrected chi connectivity index (χ3v) is 8.11. The maximum atomic E-state index is 13.1. The number of benzene rings is 2. The first-order valence-corrected chi connectivity index (χ1v) is 13.2. The predicted octanol–water partition coefficient (Wildman–Crippen LogP) is 3.56. The van der Waals surface area contributed by atoms with Gasteiger partial charge in [0.2, 0.25) is 12.5 Å². The van der Waals surface area contributed by atoms with Gasteiger partial charge in [-0.05, 0) is 51.0 Å². The van der Waals surface area contributed by atoms with Crippen LogP contribution < -0.4 is 29.0 Å². The number of fused-ring (bicyclic) bond motifs is 3. The van der Waals surface area contributed by atoms with Crippen molar-refractivity contribution < 1.29 is 33.2 Å². The van der Waals surface area contributed by atoms with Crippen LogP contribution in [0.3, 0.4) is 0 Å². The highest BCUT2D eigenvalue weighted by Gasteiger charge is 2.44. The number of hydrogen-bond donors (Lipinski definition) is 1. The van der Waals surface area contributed by atoms with Gasteiger partial charge in [0, 0.05) is 24.2 Å². The zero-order valence-electron chi connectivity index (χ0n) is 22.4. The first kappa shape index (κ1) is 24.9. The summed E-state index contributed by atoms with van der Waals surface area (Å²) in [7, 11) is 6.77.